The first-order chi connectivity index (χ1) is 14.6. The Morgan fingerprint density at radius 1 is 0.839 bits per heavy atom. The van der Waals surface area contributed by atoms with Gasteiger partial charge in [-0.1, -0.05) is 17.7 Å². The summed E-state index contributed by atoms with van der Waals surface area (Å²) in [7, 11) is -3.91. The molecule has 0 spiro atoms. The highest BCUT2D eigenvalue weighted by Crippen LogP contribution is 2.17. The SMILES string of the molecule is Cc1ccc(C(=O)NC(=O)Nc2ccc(S(=O)(=O)Nc3nc(C)cc(C)n3)cc2)cc1. The lowest BCUT2D eigenvalue weighted by molar-refractivity contribution is 0.0967. The number of rotatable bonds is 5. The summed E-state index contributed by atoms with van der Waals surface area (Å²) in [6, 6.07) is 13.2. The number of anilines is 2. The van der Waals surface area contributed by atoms with Crippen LogP contribution in [0.1, 0.15) is 27.3 Å². The van der Waals surface area contributed by atoms with Gasteiger partial charge in [-0.2, -0.15) is 0 Å². The van der Waals surface area contributed by atoms with Crippen LogP contribution in [0.2, 0.25) is 0 Å². The van der Waals surface area contributed by atoms with Gasteiger partial charge < -0.3 is 5.32 Å². The van der Waals surface area contributed by atoms with E-state index < -0.39 is 22.0 Å². The summed E-state index contributed by atoms with van der Waals surface area (Å²) in [5.74, 6) is -0.567. The Hall–Kier alpha value is -3.79. The number of aromatic nitrogens is 2. The van der Waals surface area contributed by atoms with Crippen LogP contribution in [0.5, 0.6) is 0 Å². The molecule has 0 radical (unpaired) electrons. The average molecular weight is 439 g/mol. The smallest absolute Gasteiger partial charge is 0.308 e. The maximum atomic E-state index is 12.5. The first-order valence-corrected chi connectivity index (χ1v) is 10.7. The quantitative estimate of drug-likeness (QED) is 0.560. The minimum atomic E-state index is -3.91. The van der Waals surface area contributed by atoms with E-state index in [9.17, 15) is 18.0 Å². The lowest BCUT2D eigenvalue weighted by atomic mass is 10.1. The second kappa shape index (κ2) is 8.92. The van der Waals surface area contributed by atoms with Crippen LogP contribution in [-0.2, 0) is 10.0 Å². The van der Waals surface area contributed by atoms with Crippen LogP contribution in [0.25, 0.3) is 0 Å². The second-order valence-electron chi connectivity index (χ2n) is 6.88. The zero-order chi connectivity index (χ0) is 22.6. The summed E-state index contributed by atoms with van der Waals surface area (Å²) < 4.78 is 27.4. The third kappa shape index (κ3) is 5.86. The van der Waals surface area contributed by atoms with E-state index in [1.54, 1.807) is 44.2 Å². The number of nitrogens with one attached hydrogen (secondary N) is 3. The molecule has 1 aromatic heterocycles. The molecule has 0 saturated heterocycles. The highest BCUT2D eigenvalue weighted by Gasteiger charge is 2.17. The maximum Gasteiger partial charge on any atom is 0.326 e. The van der Waals surface area contributed by atoms with Gasteiger partial charge in [-0.25, -0.2) is 27.9 Å². The van der Waals surface area contributed by atoms with Crippen molar-refractivity contribution in [1.29, 1.82) is 0 Å². The number of nitrogens with zero attached hydrogens (tertiary/aromatic N) is 2. The van der Waals surface area contributed by atoms with E-state index in [-0.39, 0.29) is 10.8 Å². The minimum Gasteiger partial charge on any atom is -0.308 e. The summed E-state index contributed by atoms with van der Waals surface area (Å²) in [5, 5.41) is 4.70. The van der Waals surface area contributed by atoms with Crippen LogP contribution in [-0.4, -0.2) is 30.3 Å². The second-order valence-corrected chi connectivity index (χ2v) is 8.56. The molecule has 0 aliphatic heterocycles. The lowest BCUT2D eigenvalue weighted by Crippen LogP contribution is -2.34. The number of hydrogen-bond acceptors (Lipinski definition) is 6. The predicted octanol–water partition coefficient (Wildman–Crippen LogP) is 3.16. The van der Waals surface area contributed by atoms with E-state index >= 15 is 0 Å². The van der Waals surface area contributed by atoms with Crippen LogP contribution < -0.4 is 15.4 Å². The normalized spacial score (nSPS) is 10.9. The summed E-state index contributed by atoms with van der Waals surface area (Å²) in [6.07, 6.45) is 0. The molecule has 0 bridgehead atoms. The molecule has 3 amide bonds. The van der Waals surface area contributed by atoms with Gasteiger partial charge in [-0.3, -0.25) is 10.1 Å². The van der Waals surface area contributed by atoms with E-state index in [2.05, 4.69) is 25.3 Å². The van der Waals surface area contributed by atoms with Gasteiger partial charge in [0.15, 0.2) is 0 Å². The molecule has 0 fully saturated rings. The van der Waals surface area contributed by atoms with Crippen LogP contribution >= 0.6 is 0 Å². The van der Waals surface area contributed by atoms with Gasteiger partial charge >= 0.3 is 6.03 Å². The van der Waals surface area contributed by atoms with E-state index in [0.717, 1.165) is 5.56 Å². The third-order valence-corrected chi connectivity index (χ3v) is 5.52. The standard InChI is InChI=1S/C21H21N5O4S/c1-13-4-6-16(7-5-13)19(27)25-21(28)24-17-8-10-18(11-9-17)31(29,30)26-20-22-14(2)12-15(3)23-20/h4-12H,1-3H3,(H,22,23,26)(H2,24,25,27,28). The van der Waals surface area contributed by atoms with E-state index in [4.69, 9.17) is 0 Å². The Labute approximate surface area is 180 Å². The molecular formula is C21H21N5O4S. The zero-order valence-corrected chi connectivity index (χ0v) is 17.9. The Kier molecular flexibility index (Phi) is 6.30. The lowest BCUT2D eigenvalue weighted by Gasteiger charge is -2.10. The molecule has 0 atom stereocenters. The molecule has 160 valence electrons. The van der Waals surface area contributed by atoms with Crippen molar-refractivity contribution in [3.05, 3.63) is 77.1 Å². The topological polar surface area (TPSA) is 130 Å². The Morgan fingerprint density at radius 2 is 1.42 bits per heavy atom. The number of imide groups is 1. The summed E-state index contributed by atoms with van der Waals surface area (Å²) in [5.41, 5.74) is 2.93. The van der Waals surface area contributed by atoms with Gasteiger partial charge in [0.1, 0.15) is 0 Å². The van der Waals surface area contributed by atoms with Crippen molar-refractivity contribution >= 4 is 33.6 Å². The molecule has 9 nitrogen and oxygen atoms in total. The van der Waals surface area contributed by atoms with Crippen molar-refractivity contribution in [2.45, 2.75) is 25.7 Å². The molecule has 10 heteroatoms. The summed E-state index contributed by atoms with van der Waals surface area (Å²) in [4.78, 5) is 32.2. The number of amides is 3. The Balaban J connectivity index is 1.64. The molecule has 3 N–H and O–H groups in total. The number of sulfonamides is 1. The van der Waals surface area contributed by atoms with Gasteiger partial charge in [0, 0.05) is 22.6 Å². The number of benzene rings is 2. The van der Waals surface area contributed by atoms with Gasteiger partial charge in [0.05, 0.1) is 4.90 Å². The summed E-state index contributed by atoms with van der Waals surface area (Å²) in [6.45, 7) is 5.37. The summed E-state index contributed by atoms with van der Waals surface area (Å²) >= 11 is 0. The predicted molar refractivity (Wildman–Crippen MR) is 116 cm³/mol. The van der Waals surface area contributed by atoms with Crippen molar-refractivity contribution in [2.75, 3.05) is 10.0 Å². The largest absolute Gasteiger partial charge is 0.326 e. The fourth-order valence-electron chi connectivity index (χ4n) is 2.71. The minimum absolute atomic E-state index is 0.0197. The highest BCUT2D eigenvalue weighted by atomic mass is 32.2. The van der Waals surface area contributed by atoms with Crippen molar-refractivity contribution in [1.82, 2.24) is 15.3 Å². The van der Waals surface area contributed by atoms with E-state index in [0.29, 0.717) is 22.6 Å². The molecule has 3 aromatic rings. The molecule has 0 unspecified atom stereocenters. The maximum absolute atomic E-state index is 12.5. The van der Waals surface area contributed by atoms with Crippen molar-refractivity contribution in [3.63, 3.8) is 0 Å². The zero-order valence-electron chi connectivity index (χ0n) is 17.1. The molecule has 0 saturated carbocycles. The molecule has 2 aromatic carbocycles. The van der Waals surface area contributed by atoms with Crippen molar-refractivity contribution in [2.24, 2.45) is 0 Å². The Morgan fingerprint density at radius 3 is 2.00 bits per heavy atom. The number of carbonyl (C=O) groups is 2. The number of carbonyl (C=O) groups excluding carboxylic acids is 2. The van der Waals surface area contributed by atoms with E-state index in [1.807, 2.05) is 6.92 Å². The molecule has 31 heavy (non-hydrogen) atoms. The van der Waals surface area contributed by atoms with E-state index in [1.165, 1.54) is 24.3 Å². The Bertz CT molecular complexity index is 1200. The first-order valence-electron chi connectivity index (χ1n) is 9.26. The fraction of sp³-hybridized carbons (Fsp3) is 0.143. The van der Waals surface area contributed by atoms with Crippen LogP contribution in [0.4, 0.5) is 16.4 Å². The average Bonchev–Trinajstić information content (AvgIpc) is 2.67. The van der Waals surface area contributed by atoms with Gasteiger partial charge in [-0.15, -0.1) is 0 Å². The molecule has 3 rings (SSSR count). The fourth-order valence-corrected chi connectivity index (χ4v) is 3.65. The third-order valence-electron chi connectivity index (χ3n) is 4.17. The number of aryl methyl sites for hydroxylation is 3. The molecule has 0 aliphatic rings. The van der Waals surface area contributed by atoms with Gasteiger partial charge in [0.2, 0.25) is 5.95 Å². The molecular weight excluding hydrogens is 418 g/mol. The van der Waals surface area contributed by atoms with Gasteiger partial charge in [0.25, 0.3) is 15.9 Å². The highest BCUT2D eigenvalue weighted by molar-refractivity contribution is 7.92. The molecule has 0 aliphatic carbocycles. The number of urea groups is 1. The van der Waals surface area contributed by atoms with Crippen LogP contribution in [0.15, 0.2) is 59.5 Å². The van der Waals surface area contributed by atoms with Crippen molar-refractivity contribution in [3.8, 4) is 0 Å². The van der Waals surface area contributed by atoms with Gasteiger partial charge in [-0.05, 0) is 63.2 Å². The monoisotopic (exact) mass is 439 g/mol. The van der Waals surface area contributed by atoms with Crippen LogP contribution in [0, 0.1) is 20.8 Å². The van der Waals surface area contributed by atoms with Crippen molar-refractivity contribution < 1.29 is 18.0 Å². The molecule has 1 heterocycles. The number of hydrogen-bond donors (Lipinski definition) is 3. The van der Waals surface area contributed by atoms with Crippen LogP contribution in [0.3, 0.4) is 0 Å². The first kappa shape index (κ1) is 21.9.